The zero-order valence-electron chi connectivity index (χ0n) is 19.9. The lowest BCUT2D eigenvalue weighted by Crippen LogP contribution is -2.42. The highest BCUT2D eigenvalue weighted by atomic mass is 19.3. The molecule has 0 spiro atoms. The number of hydrogen-bond acceptors (Lipinski definition) is 6. The Morgan fingerprint density at radius 3 is 2.56 bits per heavy atom. The number of ketones is 1. The highest BCUT2D eigenvalue weighted by molar-refractivity contribution is 6.00. The number of hydrogen-bond donors (Lipinski definition) is 3. The lowest BCUT2D eigenvalue weighted by Gasteiger charge is -2.25. The molecule has 1 aliphatic rings. The topological polar surface area (TPSA) is 106 Å². The molecule has 1 fully saturated rings. The fraction of sp³-hybridized carbons (Fsp3) is 0.296. The summed E-state index contributed by atoms with van der Waals surface area (Å²) in [6.07, 6.45) is 3.32. The predicted octanol–water partition coefficient (Wildman–Crippen LogP) is 4.82. The fourth-order valence-electron chi connectivity index (χ4n) is 4.23. The summed E-state index contributed by atoms with van der Waals surface area (Å²) in [6, 6.07) is 14.9. The molecule has 1 aromatic heterocycles. The maximum absolute atomic E-state index is 13.9. The average molecular weight is 495 g/mol. The molecule has 36 heavy (non-hydrogen) atoms. The summed E-state index contributed by atoms with van der Waals surface area (Å²) in [4.78, 5) is 29.9. The first-order chi connectivity index (χ1) is 17.2. The number of ether oxygens (including phenoxy) is 1. The van der Waals surface area contributed by atoms with Crippen LogP contribution < -0.4 is 16.4 Å². The van der Waals surface area contributed by atoms with Crippen molar-refractivity contribution in [3.8, 4) is 0 Å². The summed E-state index contributed by atoms with van der Waals surface area (Å²) in [5.74, 6) is -3.45. The van der Waals surface area contributed by atoms with Crippen LogP contribution in [-0.2, 0) is 22.0 Å². The van der Waals surface area contributed by atoms with E-state index < -0.39 is 11.3 Å². The van der Waals surface area contributed by atoms with Gasteiger partial charge in [0.2, 0.25) is 5.91 Å². The minimum Gasteiger partial charge on any atom is -0.397 e. The van der Waals surface area contributed by atoms with Gasteiger partial charge in [-0.15, -0.1) is 0 Å². The standard InChI is InChI=1S/C27H28F2N4O3/c1-26(28,29)22-4-2-3-5-23(22)33-21-8-6-18(7-9-21)14-32-25(35)27(10-11-36-17-27)13-24(34)19-12-20(30)16-31-15-19/h2-9,12,15-16,33H,10-11,13-14,17,30H2,1H3,(H,32,35)/t27-/m0/s1. The molecular formula is C27H28F2N4O3. The first-order valence-corrected chi connectivity index (χ1v) is 11.6. The Morgan fingerprint density at radius 2 is 1.89 bits per heavy atom. The third kappa shape index (κ3) is 5.85. The van der Waals surface area contributed by atoms with Crippen molar-refractivity contribution in [3.05, 3.63) is 83.7 Å². The molecule has 9 heteroatoms. The van der Waals surface area contributed by atoms with Gasteiger partial charge in [-0.2, -0.15) is 0 Å². The van der Waals surface area contributed by atoms with Crippen LogP contribution in [0, 0.1) is 5.41 Å². The van der Waals surface area contributed by atoms with Gasteiger partial charge in [-0.05, 0) is 36.2 Å². The Kier molecular flexibility index (Phi) is 7.30. The maximum atomic E-state index is 13.9. The quantitative estimate of drug-likeness (QED) is 0.369. The van der Waals surface area contributed by atoms with Crippen LogP contribution in [0.15, 0.2) is 67.0 Å². The lowest BCUT2D eigenvalue weighted by atomic mass is 9.80. The molecule has 7 nitrogen and oxygen atoms in total. The number of carbonyl (C=O) groups excluding carboxylic acids is 2. The fourth-order valence-corrected chi connectivity index (χ4v) is 4.23. The largest absolute Gasteiger partial charge is 0.397 e. The second kappa shape index (κ2) is 10.4. The van der Waals surface area contributed by atoms with Crippen LogP contribution in [0.25, 0.3) is 0 Å². The van der Waals surface area contributed by atoms with Crippen molar-refractivity contribution >= 4 is 28.8 Å². The molecule has 188 valence electrons. The smallest absolute Gasteiger partial charge is 0.272 e. The van der Waals surface area contributed by atoms with Gasteiger partial charge in [0.05, 0.1) is 17.7 Å². The lowest BCUT2D eigenvalue weighted by molar-refractivity contribution is -0.131. The molecule has 2 aromatic carbocycles. The number of nitrogens with two attached hydrogens (primary N) is 1. The Bertz CT molecular complexity index is 1240. The Balaban J connectivity index is 1.39. The van der Waals surface area contributed by atoms with E-state index >= 15 is 0 Å². The number of para-hydroxylation sites is 1. The highest BCUT2D eigenvalue weighted by Gasteiger charge is 2.44. The van der Waals surface area contributed by atoms with Gasteiger partial charge in [0.25, 0.3) is 5.92 Å². The van der Waals surface area contributed by atoms with Crippen molar-refractivity contribution in [3.63, 3.8) is 0 Å². The summed E-state index contributed by atoms with van der Waals surface area (Å²) in [7, 11) is 0. The van der Waals surface area contributed by atoms with E-state index in [2.05, 4.69) is 15.6 Å². The summed E-state index contributed by atoms with van der Waals surface area (Å²) >= 11 is 0. The molecule has 0 saturated carbocycles. The molecule has 3 aromatic rings. The van der Waals surface area contributed by atoms with Crippen molar-refractivity contribution in [2.45, 2.75) is 32.2 Å². The molecule has 2 heterocycles. The number of nitrogens with zero attached hydrogens (tertiary/aromatic N) is 1. The van der Waals surface area contributed by atoms with Crippen LogP contribution >= 0.6 is 0 Å². The Labute approximate surface area is 208 Å². The van der Waals surface area contributed by atoms with Gasteiger partial charge in [0.15, 0.2) is 5.78 Å². The van der Waals surface area contributed by atoms with Crippen LogP contribution in [0.4, 0.5) is 25.8 Å². The molecular weight excluding hydrogens is 466 g/mol. The van der Waals surface area contributed by atoms with E-state index in [-0.39, 0.29) is 36.8 Å². The number of carbonyl (C=O) groups is 2. The van der Waals surface area contributed by atoms with Gasteiger partial charge < -0.3 is 21.1 Å². The molecule has 0 radical (unpaired) electrons. The summed E-state index contributed by atoms with van der Waals surface area (Å²) in [6.45, 7) is 1.67. The van der Waals surface area contributed by atoms with Crippen molar-refractivity contribution < 1.29 is 23.1 Å². The third-order valence-corrected chi connectivity index (χ3v) is 6.25. The minimum absolute atomic E-state index is 0.00566. The number of Topliss-reactive ketones (excluding diaryl/α,β-unsaturated/α-hetero) is 1. The number of nitrogen functional groups attached to an aromatic ring is 1. The van der Waals surface area contributed by atoms with E-state index in [9.17, 15) is 18.4 Å². The van der Waals surface area contributed by atoms with Gasteiger partial charge in [-0.1, -0.05) is 30.3 Å². The number of amides is 1. The molecule has 4 rings (SSSR count). The second-order valence-corrected chi connectivity index (χ2v) is 9.13. The van der Waals surface area contributed by atoms with Gasteiger partial charge in [-0.3, -0.25) is 14.6 Å². The number of halogens is 2. The molecule has 1 atom stereocenters. The maximum Gasteiger partial charge on any atom is 0.272 e. The monoisotopic (exact) mass is 494 g/mol. The number of benzene rings is 2. The number of anilines is 3. The van der Waals surface area contributed by atoms with E-state index in [0.29, 0.717) is 35.7 Å². The van der Waals surface area contributed by atoms with Crippen LogP contribution in [0.2, 0.25) is 0 Å². The van der Waals surface area contributed by atoms with Crippen LogP contribution in [0.5, 0.6) is 0 Å². The van der Waals surface area contributed by atoms with Gasteiger partial charge in [0, 0.05) is 61.4 Å². The predicted molar refractivity (Wildman–Crippen MR) is 133 cm³/mol. The summed E-state index contributed by atoms with van der Waals surface area (Å²) in [5.41, 5.74) is 7.22. The number of pyridine rings is 1. The second-order valence-electron chi connectivity index (χ2n) is 9.13. The van der Waals surface area contributed by atoms with Crippen LogP contribution in [0.1, 0.15) is 41.3 Å². The van der Waals surface area contributed by atoms with E-state index in [4.69, 9.17) is 10.5 Å². The highest BCUT2D eigenvalue weighted by Crippen LogP contribution is 2.35. The molecule has 0 bridgehead atoms. The molecule has 1 amide bonds. The van der Waals surface area contributed by atoms with Crippen molar-refractivity contribution in [1.82, 2.24) is 10.3 Å². The number of alkyl halides is 2. The zero-order valence-corrected chi connectivity index (χ0v) is 19.9. The van der Waals surface area contributed by atoms with Crippen LogP contribution in [-0.4, -0.2) is 29.9 Å². The molecule has 1 saturated heterocycles. The number of rotatable bonds is 9. The van der Waals surface area contributed by atoms with Crippen molar-refractivity contribution in [2.75, 3.05) is 24.3 Å². The summed E-state index contributed by atoms with van der Waals surface area (Å²) in [5, 5.41) is 5.94. The van der Waals surface area contributed by atoms with Crippen molar-refractivity contribution in [1.29, 1.82) is 0 Å². The van der Waals surface area contributed by atoms with E-state index in [1.807, 2.05) is 0 Å². The Hall–Kier alpha value is -3.85. The van der Waals surface area contributed by atoms with E-state index in [1.165, 1.54) is 18.5 Å². The van der Waals surface area contributed by atoms with Crippen LogP contribution in [0.3, 0.4) is 0 Å². The van der Waals surface area contributed by atoms with Gasteiger partial charge in [-0.25, -0.2) is 8.78 Å². The Morgan fingerprint density at radius 1 is 1.14 bits per heavy atom. The van der Waals surface area contributed by atoms with Crippen molar-refractivity contribution in [2.24, 2.45) is 5.41 Å². The normalized spacial score (nSPS) is 17.5. The number of aromatic nitrogens is 1. The van der Waals surface area contributed by atoms with Gasteiger partial charge >= 0.3 is 0 Å². The molecule has 0 aliphatic carbocycles. The molecule has 4 N–H and O–H groups in total. The van der Waals surface area contributed by atoms with E-state index in [1.54, 1.807) is 48.5 Å². The van der Waals surface area contributed by atoms with Gasteiger partial charge in [0.1, 0.15) is 0 Å². The SMILES string of the molecule is CC(F)(F)c1ccccc1Nc1ccc(CNC(=O)[C@]2(CC(=O)c3cncc(N)c3)CCOC2)cc1. The first kappa shape index (κ1) is 25.2. The first-order valence-electron chi connectivity index (χ1n) is 11.6. The summed E-state index contributed by atoms with van der Waals surface area (Å²) < 4.78 is 33.3. The molecule has 1 aliphatic heterocycles. The minimum atomic E-state index is -2.97. The third-order valence-electron chi connectivity index (χ3n) is 6.25. The zero-order chi connectivity index (χ0) is 25.8. The number of nitrogens with one attached hydrogen (secondary N) is 2. The average Bonchev–Trinajstić information content (AvgIpc) is 3.33. The van der Waals surface area contributed by atoms with E-state index in [0.717, 1.165) is 12.5 Å². The molecule has 0 unspecified atom stereocenters.